The van der Waals surface area contributed by atoms with Crippen LogP contribution >= 0.6 is 0 Å². The fraction of sp³-hybridized carbons (Fsp3) is 0.556. The lowest BCUT2D eigenvalue weighted by molar-refractivity contribution is -0.144. The summed E-state index contributed by atoms with van der Waals surface area (Å²) in [6.07, 6.45) is 4.22. The highest BCUT2D eigenvalue weighted by Gasteiger charge is 2.45. The molecule has 0 saturated carbocycles. The fourth-order valence-electron chi connectivity index (χ4n) is 3.85. The van der Waals surface area contributed by atoms with Crippen LogP contribution in [0.5, 0.6) is 0 Å². The molecule has 2 fully saturated rings. The number of rotatable bonds is 5. The molecule has 3 rings (SSSR count). The highest BCUT2D eigenvalue weighted by molar-refractivity contribution is 5.85. The van der Waals surface area contributed by atoms with E-state index >= 15 is 0 Å². The minimum atomic E-state index is -0.403. The first-order valence-corrected chi connectivity index (χ1v) is 8.89. The SMILES string of the molecule is CC(=O)NC[C@H]1C(=O)N2C[C@@H](NC(C)=O)C[C@H]2CN1Cc1ccncc1. The standard InChI is InChI=1S/C18H25N5O3/c1-12(24)20-8-17-18(26)23-10-15(21-13(2)25)7-16(23)11-22(17)9-14-3-5-19-6-4-14/h3-6,15-17H,7-11H2,1-2H3,(H,20,24)(H,21,25)/t15-,16-,17-/m0/s1. The molecule has 3 amide bonds. The molecule has 2 saturated heterocycles. The largest absolute Gasteiger partial charge is 0.354 e. The average molecular weight is 359 g/mol. The zero-order valence-electron chi connectivity index (χ0n) is 15.1. The van der Waals surface area contributed by atoms with Crippen molar-refractivity contribution < 1.29 is 14.4 Å². The number of carbonyl (C=O) groups excluding carboxylic acids is 3. The van der Waals surface area contributed by atoms with Crippen molar-refractivity contribution in [3.8, 4) is 0 Å². The second-order valence-electron chi connectivity index (χ2n) is 7.02. The molecular formula is C18H25N5O3. The summed E-state index contributed by atoms with van der Waals surface area (Å²) < 4.78 is 0. The number of pyridine rings is 1. The highest BCUT2D eigenvalue weighted by atomic mass is 16.2. The third-order valence-corrected chi connectivity index (χ3v) is 4.96. The number of carbonyl (C=O) groups is 3. The third-order valence-electron chi connectivity index (χ3n) is 4.96. The van der Waals surface area contributed by atoms with Gasteiger partial charge < -0.3 is 15.5 Å². The number of fused-ring (bicyclic) bond motifs is 1. The Balaban J connectivity index is 1.76. The summed E-state index contributed by atoms with van der Waals surface area (Å²) in [5.41, 5.74) is 1.07. The summed E-state index contributed by atoms with van der Waals surface area (Å²) in [5.74, 6) is -0.219. The van der Waals surface area contributed by atoms with Gasteiger partial charge in [-0.15, -0.1) is 0 Å². The van der Waals surface area contributed by atoms with Crippen LogP contribution in [0.3, 0.4) is 0 Å². The number of hydrogen-bond donors (Lipinski definition) is 2. The molecule has 140 valence electrons. The van der Waals surface area contributed by atoms with E-state index in [9.17, 15) is 14.4 Å². The fourth-order valence-corrected chi connectivity index (χ4v) is 3.85. The van der Waals surface area contributed by atoms with Crippen LogP contribution in [0.1, 0.15) is 25.8 Å². The van der Waals surface area contributed by atoms with Gasteiger partial charge in [0.1, 0.15) is 6.04 Å². The average Bonchev–Trinajstić information content (AvgIpc) is 2.97. The molecule has 0 unspecified atom stereocenters. The topological polar surface area (TPSA) is 94.6 Å². The molecule has 8 heteroatoms. The smallest absolute Gasteiger partial charge is 0.242 e. The highest BCUT2D eigenvalue weighted by Crippen LogP contribution is 2.27. The van der Waals surface area contributed by atoms with Gasteiger partial charge >= 0.3 is 0 Å². The van der Waals surface area contributed by atoms with Crippen molar-refractivity contribution >= 4 is 17.7 Å². The second-order valence-corrected chi connectivity index (χ2v) is 7.02. The number of aromatic nitrogens is 1. The molecule has 0 radical (unpaired) electrons. The summed E-state index contributed by atoms with van der Waals surface area (Å²) in [6, 6.07) is 3.53. The first kappa shape index (κ1) is 18.3. The van der Waals surface area contributed by atoms with Gasteiger partial charge in [0, 0.05) is 64.5 Å². The number of piperazine rings is 1. The maximum absolute atomic E-state index is 13.1. The van der Waals surface area contributed by atoms with E-state index in [0.29, 0.717) is 19.6 Å². The monoisotopic (exact) mass is 359 g/mol. The molecule has 0 spiro atoms. The Morgan fingerprint density at radius 1 is 1.19 bits per heavy atom. The van der Waals surface area contributed by atoms with Gasteiger partial charge in [-0.3, -0.25) is 24.3 Å². The summed E-state index contributed by atoms with van der Waals surface area (Å²) in [7, 11) is 0. The van der Waals surface area contributed by atoms with Crippen LogP contribution in [0.25, 0.3) is 0 Å². The predicted molar refractivity (Wildman–Crippen MR) is 94.8 cm³/mol. The van der Waals surface area contributed by atoms with Crippen molar-refractivity contribution in [1.29, 1.82) is 0 Å². The lowest BCUT2D eigenvalue weighted by Crippen LogP contribution is -2.62. The minimum absolute atomic E-state index is 0.0104. The Morgan fingerprint density at radius 3 is 2.58 bits per heavy atom. The maximum atomic E-state index is 13.1. The van der Waals surface area contributed by atoms with Gasteiger partial charge in [-0.05, 0) is 24.1 Å². The molecule has 0 aromatic carbocycles. The summed E-state index contributed by atoms with van der Waals surface area (Å²) in [4.78, 5) is 43.8. The Labute approximate surface area is 152 Å². The van der Waals surface area contributed by atoms with Crippen LogP contribution in [0.2, 0.25) is 0 Å². The van der Waals surface area contributed by atoms with Crippen molar-refractivity contribution in [2.45, 2.75) is 44.9 Å². The molecular weight excluding hydrogens is 334 g/mol. The molecule has 1 aromatic rings. The van der Waals surface area contributed by atoms with E-state index in [4.69, 9.17) is 0 Å². The van der Waals surface area contributed by atoms with Crippen LogP contribution in [0.4, 0.5) is 0 Å². The molecule has 3 atom stereocenters. The Kier molecular flexibility index (Phi) is 5.51. The molecule has 2 aliphatic rings. The Bertz CT molecular complexity index is 681. The van der Waals surface area contributed by atoms with Crippen LogP contribution < -0.4 is 10.6 Å². The molecule has 0 bridgehead atoms. The molecule has 3 heterocycles. The van der Waals surface area contributed by atoms with Gasteiger partial charge in [-0.2, -0.15) is 0 Å². The second kappa shape index (κ2) is 7.82. The summed E-state index contributed by atoms with van der Waals surface area (Å²) >= 11 is 0. The van der Waals surface area contributed by atoms with Crippen LogP contribution in [0, 0.1) is 0 Å². The van der Waals surface area contributed by atoms with E-state index in [1.807, 2.05) is 17.0 Å². The molecule has 26 heavy (non-hydrogen) atoms. The lowest BCUT2D eigenvalue weighted by Gasteiger charge is -2.42. The zero-order valence-corrected chi connectivity index (χ0v) is 15.1. The van der Waals surface area contributed by atoms with Gasteiger partial charge in [-0.1, -0.05) is 0 Å². The van der Waals surface area contributed by atoms with E-state index in [1.165, 1.54) is 13.8 Å². The van der Waals surface area contributed by atoms with Gasteiger partial charge in [-0.25, -0.2) is 0 Å². The van der Waals surface area contributed by atoms with Gasteiger partial charge in [0.25, 0.3) is 0 Å². The van der Waals surface area contributed by atoms with E-state index < -0.39 is 6.04 Å². The third kappa shape index (κ3) is 4.19. The Morgan fingerprint density at radius 2 is 1.92 bits per heavy atom. The van der Waals surface area contributed by atoms with Gasteiger partial charge in [0.15, 0.2) is 0 Å². The normalized spacial score (nSPS) is 25.7. The zero-order chi connectivity index (χ0) is 18.7. The van der Waals surface area contributed by atoms with Crippen LogP contribution in [-0.4, -0.2) is 70.3 Å². The number of hydrogen-bond acceptors (Lipinski definition) is 5. The van der Waals surface area contributed by atoms with E-state index in [2.05, 4.69) is 20.5 Å². The first-order chi connectivity index (χ1) is 12.4. The summed E-state index contributed by atoms with van der Waals surface area (Å²) in [6.45, 7) is 5.10. The van der Waals surface area contributed by atoms with Crippen LogP contribution in [-0.2, 0) is 20.9 Å². The quantitative estimate of drug-likeness (QED) is 0.740. The van der Waals surface area contributed by atoms with E-state index in [1.54, 1.807) is 12.4 Å². The van der Waals surface area contributed by atoms with Crippen molar-refractivity contribution in [1.82, 2.24) is 25.4 Å². The molecule has 0 aliphatic carbocycles. The van der Waals surface area contributed by atoms with E-state index in [-0.39, 0.29) is 36.3 Å². The molecule has 2 N–H and O–H groups in total. The van der Waals surface area contributed by atoms with Crippen LogP contribution in [0.15, 0.2) is 24.5 Å². The first-order valence-electron chi connectivity index (χ1n) is 8.89. The number of amides is 3. The lowest BCUT2D eigenvalue weighted by atomic mass is 10.0. The van der Waals surface area contributed by atoms with Crippen molar-refractivity contribution in [3.05, 3.63) is 30.1 Å². The molecule has 8 nitrogen and oxygen atoms in total. The number of nitrogens with zero attached hydrogens (tertiary/aromatic N) is 3. The molecule has 2 aliphatic heterocycles. The van der Waals surface area contributed by atoms with Crippen molar-refractivity contribution in [3.63, 3.8) is 0 Å². The van der Waals surface area contributed by atoms with Gasteiger partial charge in [0.2, 0.25) is 17.7 Å². The van der Waals surface area contributed by atoms with Crippen molar-refractivity contribution in [2.24, 2.45) is 0 Å². The molecule has 1 aromatic heterocycles. The maximum Gasteiger partial charge on any atom is 0.242 e. The predicted octanol–water partition coefficient (Wildman–Crippen LogP) is -0.492. The van der Waals surface area contributed by atoms with Gasteiger partial charge in [0.05, 0.1) is 0 Å². The Hall–Kier alpha value is -2.48. The minimum Gasteiger partial charge on any atom is -0.354 e. The summed E-state index contributed by atoms with van der Waals surface area (Å²) in [5, 5.41) is 5.69. The number of nitrogens with one attached hydrogen (secondary N) is 2. The van der Waals surface area contributed by atoms with E-state index in [0.717, 1.165) is 12.0 Å². The van der Waals surface area contributed by atoms with Crippen molar-refractivity contribution in [2.75, 3.05) is 19.6 Å².